The molecule has 4 aliphatic heterocycles. The molecule has 3 aromatic carbocycles. The summed E-state index contributed by atoms with van der Waals surface area (Å²) in [7, 11) is 1.30. The lowest BCUT2D eigenvalue weighted by Crippen LogP contribution is -2.51. The number of imidazole rings is 1. The first-order valence-electron chi connectivity index (χ1n) is 19.7. The van der Waals surface area contributed by atoms with Crippen LogP contribution in [0.5, 0.6) is 11.5 Å². The second-order valence-corrected chi connectivity index (χ2v) is 16.1. The Hall–Kier alpha value is -5.39. The number of aromatic amines is 1. The minimum absolute atomic E-state index is 0.0314. The summed E-state index contributed by atoms with van der Waals surface area (Å²) in [5.74, 6) is 3.70. The summed E-state index contributed by atoms with van der Waals surface area (Å²) in [6, 6.07) is 18.2. The van der Waals surface area contributed by atoms with Gasteiger partial charge in [-0.25, -0.2) is 9.78 Å². The van der Waals surface area contributed by atoms with Crippen LogP contribution in [-0.2, 0) is 20.7 Å². The quantitative estimate of drug-likeness (QED) is 0.147. The predicted molar refractivity (Wildman–Crippen MR) is 211 cm³/mol. The summed E-state index contributed by atoms with van der Waals surface area (Å²) in [5.41, 5.74) is 7.20. The lowest BCUT2D eigenvalue weighted by atomic mass is 9.95. The van der Waals surface area contributed by atoms with Gasteiger partial charge in [0.2, 0.25) is 11.8 Å². The molecule has 1 unspecified atom stereocenters. The highest BCUT2D eigenvalue weighted by molar-refractivity contribution is 5.93. The largest absolute Gasteiger partial charge is 0.457 e. The Morgan fingerprint density at radius 2 is 1.62 bits per heavy atom. The van der Waals surface area contributed by atoms with Crippen LogP contribution in [0.25, 0.3) is 22.2 Å². The first-order valence-corrected chi connectivity index (χ1v) is 19.7. The van der Waals surface area contributed by atoms with Crippen molar-refractivity contribution in [2.45, 2.75) is 90.4 Å². The number of aliphatic imine (C=N–C) groups is 1. The van der Waals surface area contributed by atoms with E-state index in [1.807, 2.05) is 29.7 Å². The first kappa shape index (κ1) is 36.6. The summed E-state index contributed by atoms with van der Waals surface area (Å²) in [4.78, 5) is 55.8. The number of rotatable bonds is 9. The van der Waals surface area contributed by atoms with Gasteiger partial charge in [-0.05, 0) is 89.6 Å². The van der Waals surface area contributed by atoms with Crippen molar-refractivity contribution in [1.29, 1.82) is 0 Å². The zero-order valence-electron chi connectivity index (χ0n) is 32.4. The molecule has 12 nitrogen and oxygen atoms in total. The Kier molecular flexibility index (Phi) is 10.00. The number of hydrogen-bond donors (Lipinski definition) is 3. The summed E-state index contributed by atoms with van der Waals surface area (Å²) < 4.78 is 11.4. The molecule has 1 aromatic heterocycles. The Bertz CT molecular complexity index is 2160. The number of benzene rings is 3. The maximum absolute atomic E-state index is 13.7. The number of H-pyrrole nitrogens is 1. The second kappa shape index (κ2) is 15.0. The third-order valence-electron chi connectivity index (χ3n) is 11.5. The van der Waals surface area contributed by atoms with E-state index >= 15 is 0 Å². The summed E-state index contributed by atoms with van der Waals surface area (Å²) in [5, 5.41) is 6.38. The van der Waals surface area contributed by atoms with Crippen molar-refractivity contribution in [2.24, 2.45) is 16.8 Å². The number of likely N-dealkylation sites (tertiary alicyclic amines) is 2. The average Bonchev–Trinajstić information content (AvgIpc) is 4.00. The van der Waals surface area contributed by atoms with Crippen LogP contribution in [0.15, 0.2) is 59.6 Å². The minimum atomic E-state index is -0.685. The molecule has 12 heteroatoms. The van der Waals surface area contributed by atoms with Crippen molar-refractivity contribution in [3.63, 3.8) is 0 Å². The monoisotopic (exact) mass is 745 g/mol. The lowest BCUT2D eigenvalue weighted by Gasteiger charge is -2.29. The molecule has 4 atom stereocenters. The van der Waals surface area contributed by atoms with Gasteiger partial charge in [0, 0.05) is 25.9 Å². The number of carbonyl (C=O) groups excluding carboxylic acids is 3. The maximum atomic E-state index is 13.7. The van der Waals surface area contributed by atoms with E-state index in [1.54, 1.807) is 0 Å². The van der Waals surface area contributed by atoms with Crippen molar-refractivity contribution in [1.82, 2.24) is 30.4 Å². The van der Waals surface area contributed by atoms with Gasteiger partial charge in [-0.15, -0.1) is 0 Å². The second-order valence-electron chi connectivity index (χ2n) is 16.1. The van der Waals surface area contributed by atoms with Crippen LogP contribution < -0.4 is 15.4 Å². The Morgan fingerprint density at radius 3 is 2.38 bits per heavy atom. The van der Waals surface area contributed by atoms with Crippen LogP contribution in [0.4, 0.5) is 4.79 Å². The van der Waals surface area contributed by atoms with Crippen LogP contribution >= 0.6 is 0 Å². The molecule has 0 bridgehead atoms. The fourth-order valence-corrected chi connectivity index (χ4v) is 8.55. The van der Waals surface area contributed by atoms with Gasteiger partial charge in [0.15, 0.2) is 0 Å². The van der Waals surface area contributed by atoms with E-state index in [4.69, 9.17) is 19.5 Å². The fourth-order valence-electron chi connectivity index (χ4n) is 8.55. The number of amidine groups is 1. The van der Waals surface area contributed by atoms with E-state index in [0.29, 0.717) is 25.4 Å². The van der Waals surface area contributed by atoms with Gasteiger partial charge < -0.3 is 34.9 Å². The van der Waals surface area contributed by atoms with Gasteiger partial charge in [-0.3, -0.25) is 14.6 Å². The Labute approximate surface area is 322 Å². The number of hydrogen-bond acceptors (Lipinski definition) is 8. The third kappa shape index (κ3) is 7.26. The van der Waals surface area contributed by atoms with Crippen molar-refractivity contribution in [3.05, 3.63) is 77.1 Å². The summed E-state index contributed by atoms with van der Waals surface area (Å²) in [6.07, 6.45) is 4.33. The number of nitrogens with zero attached hydrogens (tertiary/aromatic N) is 4. The van der Waals surface area contributed by atoms with Crippen molar-refractivity contribution >= 4 is 34.8 Å². The van der Waals surface area contributed by atoms with Crippen LogP contribution in [0.2, 0.25) is 0 Å². The molecular weight excluding hydrogens is 695 g/mol. The number of nitrogens with one attached hydrogen (secondary N) is 3. The fraction of sp³-hybridized carbons (Fsp3) is 0.465. The predicted octanol–water partition coefficient (Wildman–Crippen LogP) is 7.05. The van der Waals surface area contributed by atoms with Gasteiger partial charge in [-0.1, -0.05) is 58.0 Å². The van der Waals surface area contributed by atoms with Gasteiger partial charge in [0.05, 0.1) is 42.8 Å². The lowest BCUT2D eigenvalue weighted by molar-refractivity contribution is -0.135. The van der Waals surface area contributed by atoms with Crippen molar-refractivity contribution in [3.8, 4) is 22.6 Å². The van der Waals surface area contributed by atoms with Crippen LogP contribution in [-0.4, -0.2) is 82.3 Å². The topological polar surface area (TPSA) is 141 Å². The number of fused-ring (bicyclic) bond motifs is 3. The van der Waals surface area contributed by atoms with E-state index in [-0.39, 0.29) is 35.9 Å². The van der Waals surface area contributed by atoms with Gasteiger partial charge in [0.25, 0.3) is 0 Å². The summed E-state index contributed by atoms with van der Waals surface area (Å²) in [6.45, 7) is 10.0. The highest BCUT2D eigenvalue weighted by atomic mass is 16.5. The zero-order chi connectivity index (χ0) is 38.4. The summed E-state index contributed by atoms with van der Waals surface area (Å²) >= 11 is 0. The molecule has 0 radical (unpaired) electrons. The van der Waals surface area contributed by atoms with Crippen LogP contribution in [0.3, 0.4) is 0 Å². The molecule has 2 saturated heterocycles. The molecule has 4 aliphatic rings. The Morgan fingerprint density at radius 1 is 0.909 bits per heavy atom. The molecule has 3 N–H and O–H groups in total. The zero-order valence-corrected chi connectivity index (χ0v) is 32.4. The molecule has 2 fully saturated rings. The molecule has 0 saturated carbocycles. The van der Waals surface area contributed by atoms with E-state index in [9.17, 15) is 14.4 Å². The highest BCUT2D eigenvalue weighted by Gasteiger charge is 2.38. The van der Waals surface area contributed by atoms with E-state index < -0.39 is 12.1 Å². The number of aromatic nitrogens is 2. The van der Waals surface area contributed by atoms with E-state index in [2.05, 4.69) is 78.0 Å². The average molecular weight is 746 g/mol. The number of ether oxygens (including phenoxy) is 2. The molecule has 0 aliphatic carbocycles. The normalized spacial score (nSPS) is 20.9. The molecule has 8 rings (SSSR count). The molecular formula is C43H51N7O5. The molecule has 5 heterocycles. The molecule has 0 spiro atoms. The molecule has 4 aromatic rings. The number of carbonyl (C=O) groups is 3. The van der Waals surface area contributed by atoms with Crippen LogP contribution in [0, 0.1) is 11.8 Å². The molecule has 3 amide bonds. The number of methoxy groups -OCH3 is 1. The van der Waals surface area contributed by atoms with E-state index in [1.165, 1.54) is 7.11 Å². The van der Waals surface area contributed by atoms with Crippen LogP contribution in [0.1, 0.15) is 94.4 Å². The van der Waals surface area contributed by atoms with Gasteiger partial charge in [0.1, 0.15) is 29.2 Å². The van der Waals surface area contributed by atoms with Gasteiger partial charge >= 0.3 is 6.09 Å². The number of amides is 3. The Balaban J connectivity index is 0.965. The number of alkyl carbamates (subject to hydrolysis) is 1. The van der Waals surface area contributed by atoms with Crippen molar-refractivity contribution < 1.29 is 23.9 Å². The highest BCUT2D eigenvalue weighted by Crippen LogP contribution is 2.41. The SMILES string of the molecule is COC(=O)N[C@H](C(=O)N1CCC[C@H]1c1nc2ccc(-c3ccc4c(c3)Oc3cc(C5CN=C([C@@H]6CCCN6C(=O)CC(C)C)N5)ccc3C4)cc2[nH]1)C(C)C. The molecule has 55 heavy (non-hydrogen) atoms. The standard InChI is InChI=1S/C43H51N7O5/c1-24(2)18-38(51)49-16-6-8-34(49)40-44-23-33(47-40)28-11-13-30-19-29-12-10-27(21-36(29)55-37(30)22-28)26-14-15-31-32(20-26)46-41(45-31)35-9-7-17-50(35)42(52)39(25(3)4)48-43(53)54-5/h10-15,20-22,24-25,33-35,39H,6-9,16-19,23H2,1-5H3,(H,44,47)(H,45,46)(H,48,53)/t33?,34-,35-,39-/m0/s1. The first-order chi connectivity index (χ1) is 26.6. The smallest absolute Gasteiger partial charge is 0.407 e. The third-order valence-corrected chi connectivity index (χ3v) is 11.5. The maximum Gasteiger partial charge on any atom is 0.407 e. The minimum Gasteiger partial charge on any atom is -0.457 e. The van der Waals surface area contributed by atoms with Gasteiger partial charge in [-0.2, -0.15) is 0 Å². The molecule has 288 valence electrons. The van der Waals surface area contributed by atoms with Crippen molar-refractivity contribution in [2.75, 3.05) is 26.7 Å². The van der Waals surface area contributed by atoms with E-state index in [0.717, 1.165) is 101 Å².